The monoisotopic (exact) mass is 350 g/mol. The largest absolute Gasteiger partial charge is 0.477 e. The zero-order chi connectivity index (χ0) is 19.1. The first-order valence-electron chi connectivity index (χ1n) is 7.96. The first-order chi connectivity index (χ1) is 11.4. The van der Waals surface area contributed by atoms with Crippen LogP contribution in [-0.2, 0) is 9.53 Å². The third-order valence-electron chi connectivity index (χ3n) is 4.01. The number of hydrogen-bond donors (Lipinski definition) is 2. The van der Waals surface area contributed by atoms with Gasteiger partial charge in [0, 0.05) is 10.9 Å². The standard InChI is InChI=1S/C18H23FN2O4/c1-9-12(19)7-6-11-8-13(16(22)23)21(15(9)11)10(2)14(20)17(24)25-18(3,4)5/h6-8,10,14H,20H2,1-5H3,(H,22,23)/t10-,14-/m1/s1. The number of esters is 1. The molecule has 25 heavy (non-hydrogen) atoms. The summed E-state index contributed by atoms with van der Waals surface area (Å²) in [6, 6.07) is 2.40. The van der Waals surface area contributed by atoms with Gasteiger partial charge in [-0.05, 0) is 52.8 Å². The third kappa shape index (κ3) is 3.66. The fourth-order valence-corrected chi connectivity index (χ4v) is 2.79. The number of rotatable bonds is 4. The summed E-state index contributed by atoms with van der Waals surface area (Å²) >= 11 is 0. The molecule has 0 fully saturated rings. The summed E-state index contributed by atoms with van der Waals surface area (Å²) in [5.41, 5.74) is 5.95. The van der Waals surface area contributed by atoms with E-state index in [-0.39, 0.29) is 5.69 Å². The van der Waals surface area contributed by atoms with Gasteiger partial charge in [0.15, 0.2) is 0 Å². The molecule has 0 bridgehead atoms. The zero-order valence-electron chi connectivity index (χ0n) is 15.0. The van der Waals surface area contributed by atoms with Crippen molar-refractivity contribution in [2.24, 2.45) is 5.73 Å². The smallest absolute Gasteiger partial charge is 0.352 e. The molecule has 0 aliphatic rings. The van der Waals surface area contributed by atoms with Crippen molar-refractivity contribution in [3.05, 3.63) is 35.3 Å². The molecule has 1 aromatic heterocycles. The minimum absolute atomic E-state index is 0.0600. The van der Waals surface area contributed by atoms with Gasteiger partial charge in [0.1, 0.15) is 23.2 Å². The van der Waals surface area contributed by atoms with E-state index in [1.165, 1.54) is 22.8 Å². The number of carbonyl (C=O) groups is 2. The van der Waals surface area contributed by atoms with Crippen molar-refractivity contribution in [2.45, 2.75) is 52.3 Å². The van der Waals surface area contributed by atoms with Gasteiger partial charge in [-0.25, -0.2) is 9.18 Å². The Bertz CT molecular complexity index is 836. The Kier molecular flexibility index (Phi) is 4.90. The first kappa shape index (κ1) is 18.9. The fourth-order valence-electron chi connectivity index (χ4n) is 2.79. The molecule has 0 unspecified atom stereocenters. The predicted molar refractivity (Wildman–Crippen MR) is 92.1 cm³/mol. The molecule has 0 saturated heterocycles. The minimum atomic E-state index is -1.18. The first-order valence-corrected chi connectivity index (χ1v) is 7.96. The molecule has 0 saturated carbocycles. The maximum Gasteiger partial charge on any atom is 0.352 e. The average Bonchev–Trinajstić information content (AvgIpc) is 2.88. The number of aromatic nitrogens is 1. The van der Waals surface area contributed by atoms with Gasteiger partial charge in [-0.1, -0.05) is 0 Å². The van der Waals surface area contributed by atoms with Gasteiger partial charge >= 0.3 is 11.9 Å². The SMILES string of the molecule is Cc1c(F)ccc2cc(C(=O)O)n([C@H](C)[C@@H](N)C(=O)OC(C)(C)C)c12. The minimum Gasteiger partial charge on any atom is -0.477 e. The summed E-state index contributed by atoms with van der Waals surface area (Å²) in [5.74, 6) is -2.28. The molecule has 7 heteroatoms. The number of benzene rings is 1. The van der Waals surface area contributed by atoms with E-state index in [1.54, 1.807) is 34.6 Å². The molecular weight excluding hydrogens is 327 g/mol. The van der Waals surface area contributed by atoms with Gasteiger partial charge in [0.05, 0.1) is 11.6 Å². The Labute approximate surface area is 145 Å². The van der Waals surface area contributed by atoms with E-state index >= 15 is 0 Å². The van der Waals surface area contributed by atoms with Gasteiger partial charge in [-0.15, -0.1) is 0 Å². The molecule has 0 amide bonds. The Morgan fingerprint density at radius 2 is 1.92 bits per heavy atom. The van der Waals surface area contributed by atoms with Crippen molar-refractivity contribution in [3.63, 3.8) is 0 Å². The third-order valence-corrected chi connectivity index (χ3v) is 4.01. The lowest BCUT2D eigenvalue weighted by molar-refractivity contribution is -0.157. The van der Waals surface area contributed by atoms with Gasteiger partial charge in [-0.2, -0.15) is 0 Å². The second-order valence-corrected chi connectivity index (χ2v) is 7.11. The van der Waals surface area contributed by atoms with E-state index in [0.717, 1.165) is 0 Å². The number of carbonyl (C=O) groups excluding carboxylic acids is 1. The van der Waals surface area contributed by atoms with E-state index in [2.05, 4.69) is 0 Å². The lowest BCUT2D eigenvalue weighted by Crippen LogP contribution is -2.43. The molecule has 0 aliphatic carbocycles. The number of ether oxygens (including phenoxy) is 1. The molecular formula is C18H23FN2O4. The van der Waals surface area contributed by atoms with Crippen LogP contribution in [0.5, 0.6) is 0 Å². The molecule has 3 N–H and O–H groups in total. The number of carboxylic acids is 1. The number of fused-ring (bicyclic) bond motifs is 1. The second kappa shape index (κ2) is 6.48. The Morgan fingerprint density at radius 3 is 2.44 bits per heavy atom. The van der Waals surface area contributed by atoms with Crippen molar-refractivity contribution in [2.75, 3.05) is 0 Å². The van der Waals surface area contributed by atoms with E-state index in [0.29, 0.717) is 16.5 Å². The lowest BCUT2D eigenvalue weighted by atomic mass is 10.1. The second-order valence-electron chi connectivity index (χ2n) is 7.11. The van der Waals surface area contributed by atoms with Gasteiger partial charge < -0.3 is 20.1 Å². The van der Waals surface area contributed by atoms with Crippen LogP contribution in [0.25, 0.3) is 10.9 Å². The molecule has 136 valence electrons. The van der Waals surface area contributed by atoms with Gasteiger partial charge in [-0.3, -0.25) is 4.79 Å². The van der Waals surface area contributed by atoms with Crippen molar-refractivity contribution in [1.29, 1.82) is 0 Å². The maximum atomic E-state index is 14.0. The maximum absolute atomic E-state index is 14.0. The summed E-state index contributed by atoms with van der Waals surface area (Å²) in [6.45, 7) is 8.33. The molecule has 0 aliphatic heterocycles. The predicted octanol–water partition coefficient (Wildman–Crippen LogP) is 3.02. The van der Waals surface area contributed by atoms with Crippen LogP contribution in [0.15, 0.2) is 18.2 Å². The molecule has 6 nitrogen and oxygen atoms in total. The summed E-state index contributed by atoms with van der Waals surface area (Å²) in [6.07, 6.45) is 0. The van der Waals surface area contributed by atoms with Crippen LogP contribution in [0.3, 0.4) is 0 Å². The molecule has 1 heterocycles. The number of aromatic carboxylic acids is 1. The molecule has 2 rings (SSSR count). The van der Waals surface area contributed by atoms with Crippen LogP contribution in [0.1, 0.15) is 49.8 Å². The highest BCUT2D eigenvalue weighted by Gasteiger charge is 2.31. The number of hydrogen-bond acceptors (Lipinski definition) is 4. The van der Waals surface area contributed by atoms with Crippen LogP contribution >= 0.6 is 0 Å². The van der Waals surface area contributed by atoms with E-state index in [4.69, 9.17) is 10.5 Å². The normalized spacial score (nSPS) is 14.4. The highest BCUT2D eigenvalue weighted by Crippen LogP contribution is 2.30. The number of halogens is 1. The molecule has 0 spiro atoms. The molecule has 2 atom stereocenters. The average molecular weight is 350 g/mol. The Hall–Kier alpha value is -2.41. The highest BCUT2D eigenvalue weighted by atomic mass is 19.1. The van der Waals surface area contributed by atoms with Crippen molar-refractivity contribution in [1.82, 2.24) is 4.57 Å². The molecule has 1 aromatic carbocycles. The van der Waals surface area contributed by atoms with E-state index in [9.17, 15) is 19.1 Å². The molecule has 0 radical (unpaired) electrons. The van der Waals surface area contributed by atoms with Crippen LogP contribution in [0.4, 0.5) is 4.39 Å². The highest BCUT2D eigenvalue weighted by molar-refractivity contribution is 5.96. The summed E-state index contributed by atoms with van der Waals surface area (Å²) in [4.78, 5) is 23.9. The fraction of sp³-hybridized carbons (Fsp3) is 0.444. The Balaban J connectivity index is 2.58. The van der Waals surface area contributed by atoms with Crippen LogP contribution in [0, 0.1) is 12.7 Å². The van der Waals surface area contributed by atoms with Crippen molar-refractivity contribution < 1.29 is 23.8 Å². The lowest BCUT2D eigenvalue weighted by Gasteiger charge is -2.27. The zero-order valence-corrected chi connectivity index (χ0v) is 15.0. The topological polar surface area (TPSA) is 94.5 Å². The summed E-state index contributed by atoms with van der Waals surface area (Å²) in [5, 5.41) is 10.1. The number of nitrogens with zero attached hydrogens (tertiary/aromatic N) is 1. The van der Waals surface area contributed by atoms with Crippen molar-refractivity contribution in [3.8, 4) is 0 Å². The van der Waals surface area contributed by atoms with Crippen LogP contribution < -0.4 is 5.73 Å². The van der Waals surface area contributed by atoms with Crippen molar-refractivity contribution >= 4 is 22.8 Å². The van der Waals surface area contributed by atoms with Gasteiger partial charge in [0.25, 0.3) is 0 Å². The summed E-state index contributed by atoms with van der Waals surface area (Å²) in [7, 11) is 0. The number of carboxylic acid groups (broad SMARTS) is 1. The van der Waals surface area contributed by atoms with E-state index in [1.807, 2.05) is 0 Å². The van der Waals surface area contributed by atoms with Crippen LogP contribution in [-0.4, -0.2) is 33.3 Å². The van der Waals surface area contributed by atoms with E-state index < -0.39 is 35.4 Å². The van der Waals surface area contributed by atoms with Crippen LogP contribution in [0.2, 0.25) is 0 Å². The van der Waals surface area contributed by atoms with Gasteiger partial charge in [0.2, 0.25) is 0 Å². The Morgan fingerprint density at radius 1 is 1.32 bits per heavy atom. The number of nitrogens with two attached hydrogens (primary N) is 1. The number of aryl methyl sites for hydroxylation is 1. The molecule has 2 aromatic rings. The summed E-state index contributed by atoms with van der Waals surface area (Å²) < 4.78 is 20.7. The quantitative estimate of drug-likeness (QED) is 0.827.